The summed E-state index contributed by atoms with van der Waals surface area (Å²) < 4.78 is 45.2. The highest BCUT2D eigenvalue weighted by Gasteiger charge is 2.33. The second kappa shape index (κ2) is 14.2. The summed E-state index contributed by atoms with van der Waals surface area (Å²) in [7, 11) is 0. The number of amides is 4. The second-order valence-electron chi connectivity index (χ2n) is 10.4. The fourth-order valence-electron chi connectivity index (χ4n) is 4.78. The maximum atomic E-state index is 13.1. The van der Waals surface area contributed by atoms with Crippen LogP contribution in [0.4, 0.5) is 40.7 Å². The molecule has 0 saturated heterocycles. The Morgan fingerprint density at radius 2 is 1.41 bits per heavy atom. The van der Waals surface area contributed by atoms with Crippen LogP contribution in [0, 0.1) is 0 Å². The number of rotatable bonds is 7. The van der Waals surface area contributed by atoms with E-state index in [9.17, 15) is 27.6 Å². The number of urea groups is 1. The number of benzene rings is 4. The van der Waals surface area contributed by atoms with Gasteiger partial charge in [0.05, 0.1) is 22.0 Å². The molecule has 4 aromatic carbocycles. The van der Waals surface area contributed by atoms with Crippen LogP contribution in [0.15, 0.2) is 119 Å². The Labute approximate surface area is 286 Å². The summed E-state index contributed by atoms with van der Waals surface area (Å²) in [5.74, 6) is -0.488. The molecule has 0 aliphatic carbocycles. The number of para-hydroxylation sites is 2. The van der Waals surface area contributed by atoms with Crippen molar-refractivity contribution in [2.75, 3.05) is 22.1 Å². The van der Waals surface area contributed by atoms with Crippen molar-refractivity contribution in [2.45, 2.75) is 16.0 Å². The molecule has 0 radical (unpaired) electrons. The van der Waals surface area contributed by atoms with E-state index in [4.69, 9.17) is 16.3 Å². The van der Waals surface area contributed by atoms with E-state index in [0.717, 1.165) is 33.3 Å². The zero-order valence-corrected chi connectivity index (χ0v) is 26.6. The van der Waals surface area contributed by atoms with Crippen LogP contribution in [0.25, 0.3) is 0 Å². The van der Waals surface area contributed by atoms with Gasteiger partial charge in [-0.05, 0) is 72.8 Å². The zero-order valence-electron chi connectivity index (χ0n) is 25.0. The first-order valence-electron chi connectivity index (χ1n) is 14.4. The van der Waals surface area contributed by atoms with Crippen LogP contribution in [0.2, 0.25) is 5.02 Å². The third kappa shape index (κ3) is 8.05. The summed E-state index contributed by atoms with van der Waals surface area (Å²) in [6, 6.07) is 26.8. The lowest BCUT2D eigenvalue weighted by atomic mass is 10.2. The molecule has 0 atom stereocenters. The van der Waals surface area contributed by atoms with E-state index in [1.54, 1.807) is 11.8 Å². The minimum Gasteiger partial charge on any atom is -0.457 e. The molecule has 0 saturated carbocycles. The molecule has 0 spiro atoms. The van der Waals surface area contributed by atoms with Gasteiger partial charge in [0.25, 0.3) is 11.8 Å². The number of anilines is 4. The minimum atomic E-state index is -4.68. The standard InChI is InChI=1S/C34H24ClF3N6O4S/c35-25-14-11-21(17-24(25)34(36,37)38)41-33(47)40-20-9-12-22(13-10-20)48-23-15-16-39-26(18-23)32(46)43-42-31(45)19-44-27-5-1-3-7-29(27)49-30-8-4-2-6-28(30)44/h1-18H,19H2,(H,42,45)(H,43,46)(H2,40,41,47). The van der Waals surface area contributed by atoms with Crippen molar-refractivity contribution in [1.82, 2.24) is 15.8 Å². The third-order valence-corrected chi connectivity index (χ3v) is 8.45. The minimum absolute atomic E-state index is 0.0197. The van der Waals surface area contributed by atoms with E-state index >= 15 is 0 Å². The first-order chi connectivity index (χ1) is 23.5. The number of nitrogens with zero attached hydrogens (tertiary/aromatic N) is 2. The third-order valence-electron chi connectivity index (χ3n) is 6.99. The monoisotopic (exact) mass is 704 g/mol. The molecule has 4 amide bonds. The Hall–Kier alpha value is -5.73. The number of ether oxygens (including phenoxy) is 1. The Kier molecular flexibility index (Phi) is 9.60. The van der Waals surface area contributed by atoms with Crippen LogP contribution in [0.1, 0.15) is 16.1 Å². The summed E-state index contributed by atoms with van der Waals surface area (Å²) in [4.78, 5) is 46.1. The predicted molar refractivity (Wildman–Crippen MR) is 179 cm³/mol. The van der Waals surface area contributed by atoms with Crippen molar-refractivity contribution in [3.63, 3.8) is 0 Å². The number of hydrogen-bond donors (Lipinski definition) is 4. The number of fused-ring (bicyclic) bond motifs is 2. The van der Waals surface area contributed by atoms with Gasteiger partial charge < -0.3 is 20.3 Å². The fourth-order valence-corrected chi connectivity index (χ4v) is 6.10. The average Bonchev–Trinajstić information content (AvgIpc) is 3.08. The van der Waals surface area contributed by atoms with Gasteiger partial charge in [0.1, 0.15) is 23.7 Å². The van der Waals surface area contributed by atoms with Crippen LogP contribution < -0.4 is 31.1 Å². The molecule has 1 aliphatic heterocycles. The number of hydrogen-bond acceptors (Lipinski definition) is 7. The van der Waals surface area contributed by atoms with E-state index < -0.39 is 34.6 Å². The number of carbonyl (C=O) groups excluding carboxylic acids is 3. The van der Waals surface area contributed by atoms with Gasteiger partial charge in [-0.2, -0.15) is 13.2 Å². The summed E-state index contributed by atoms with van der Waals surface area (Å²) in [5.41, 5.74) is 5.74. The molecule has 6 rings (SSSR count). The summed E-state index contributed by atoms with van der Waals surface area (Å²) in [6.07, 6.45) is -3.31. The average molecular weight is 705 g/mol. The molecule has 4 N–H and O–H groups in total. The number of halogens is 4. The highest BCUT2D eigenvalue weighted by atomic mass is 35.5. The van der Waals surface area contributed by atoms with Crippen molar-refractivity contribution in [3.8, 4) is 11.5 Å². The number of nitrogens with one attached hydrogen (secondary N) is 4. The van der Waals surface area contributed by atoms with Gasteiger partial charge in [-0.15, -0.1) is 0 Å². The van der Waals surface area contributed by atoms with E-state index in [2.05, 4.69) is 26.5 Å². The Balaban J connectivity index is 1.02. The van der Waals surface area contributed by atoms with Gasteiger partial charge in [-0.25, -0.2) is 4.79 Å². The van der Waals surface area contributed by atoms with E-state index in [0.29, 0.717) is 11.4 Å². The molecule has 248 valence electrons. The SMILES string of the molecule is O=C(CN1c2ccccc2Sc2ccccc21)NNC(=O)c1cc(Oc2ccc(NC(=O)Nc3ccc(Cl)c(C(F)(F)F)c3)cc2)ccn1. The molecule has 0 unspecified atom stereocenters. The van der Waals surface area contributed by atoms with E-state index in [1.165, 1.54) is 48.7 Å². The lowest BCUT2D eigenvalue weighted by molar-refractivity contribution is -0.137. The number of hydrazine groups is 1. The molecule has 10 nitrogen and oxygen atoms in total. The van der Waals surface area contributed by atoms with Crippen molar-refractivity contribution in [1.29, 1.82) is 0 Å². The largest absolute Gasteiger partial charge is 0.457 e. The maximum absolute atomic E-state index is 13.1. The number of carbonyl (C=O) groups is 3. The molecule has 15 heteroatoms. The highest BCUT2D eigenvalue weighted by Crippen LogP contribution is 2.47. The Morgan fingerprint density at radius 3 is 2.08 bits per heavy atom. The fraction of sp³-hybridized carbons (Fsp3) is 0.0588. The smallest absolute Gasteiger partial charge is 0.417 e. The summed E-state index contributed by atoms with van der Waals surface area (Å²) in [5, 5.41) is 4.37. The van der Waals surface area contributed by atoms with Crippen molar-refractivity contribution in [3.05, 3.63) is 126 Å². The van der Waals surface area contributed by atoms with Gasteiger partial charge in [0.15, 0.2) is 0 Å². The van der Waals surface area contributed by atoms with Crippen molar-refractivity contribution < 1.29 is 32.3 Å². The number of alkyl halides is 3. The van der Waals surface area contributed by atoms with Crippen LogP contribution in [-0.4, -0.2) is 29.4 Å². The first-order valence-corrected chi connectivity index (χ1v) is 15.6. The van der Waals surface area contributed by atoms with Crippen LogP contribution in [0.3, 0.4) is 0 Å². The lowest BCUT2D eigenvalue weighted by Gasteiger charge is -2.32. The first kappa shape index (κ1) is 33.2. The molecule has 1 aliphatic rings. The molecule has 5 aromatic rings. The van der Waals surface area contributed by atoms with Crippen LogP contribution in [-0.2, 0) is 11.0 Å². The molecule has 1 aromatic heterocycles. The van der Waals surface area contributed by atoms with Crippen LogP contribution in [0.5, 0.6) is 11.5 Å². The van der Waals surface area contributed by atoms with Crippen molar-refractivity contribution >= 4 is 64.0 Å². The quantitative estimate of drug-likeness (QED) is 0.126. The summed E-state index contributed by atoms with van der Waals surface area (Å²) in [6.45, 7) is -0.0436. The van der Waals surface area contributed by atoms with Gasteiger partial charge >= 0.3 is 12.2 Å². The molecule has 2 heterocycles. The molecule has 0 bridgehead atoms. The number of aromatic nitrogens is 1. The second-order valence-corrected chi connectivity index (χ2v) is 11.9. The molecular weight excluding hydrogens is 681 g/mol. The predicted octanol–water partition coefficient (Wildman–Crippen LogP) is 8.25. The normalized spacial score (nSPS) is 11.9. The van der Waals surface area contributed by atoms with Crippen molar-refractivity contribution in [2.24, 2.45) is 0 Å². The van der Waals surface area contributed by atoms with Gasteiger partial charge in [-0.1, -0.05) is 47.6 Å². The lowest BCUT2D eigenvalue weighted by Crippen LogP contribution is -2.46. The Morgan fingerprint density at radius 1 is 0.776 bits per heavy atom. The van der Waals surface area contributed by atoms with E-state index in [-0.39, 0.29) is 23.7 Å². The topological polar surface area (TPSA) is 125 Å². The van der Waals surface area contributed by atoms with Crippen LogP contribution >= 0.6 is 23.4 Å². The van der Waals surface area contributed by atoms with Gasteiger partial charge in [0.2, 0.25) is 0 Å². The summed E-state index contributed by atoms with van der Waals surface area (Å²) >= 11 is 7.25. The maximum Gasteiger partial charge on any atom is 0.417 e. The van der Waals surface area contributed by atoms with Gasteiger partial charge in [-0.3, -0.25) is 25.4 Å². The Bertz CT molecular complexity index is 2000. The molecular formula is C34H24ClF3N6O4S. The zero-order chi connectivity index (χ0) is 34.5. The molecule has 49 heavy (non-hydrogen) atoms. The highest BCUT2D eigenvalue weighted by molar-refractivity contribution is 7.99. The van der Waals surface area contributed by atoms with Gasteiger partial charge in [0, 0.05) is 33.4 Å². The van der Waals surface area contributed by atoms with E-state index in [1.807, 2.05) is 53.4 Å². The number of pyridine rings is 1. The molecule has 0 fully saturated rings.